The third kappa shape index (κ3) is 1.68. The van der Waals surface area contributed by atoms with Crippen LogP contribution in [0.15, 0.2) is 41.7 Å². The summed E-state index contributed by atoms with van der Waals surface area (Å²) in [5.74, 6) is 0. The maximum absolute atomic E-state index is 5.93. The summed E-state index contributed by atoms with van der Waals surface area (Å²) in [6, 6.07) is 8.42. The maximum atomic E-state index is 5.93. The molecule has 0 aromatic heterocycles. The number of aliphatic imine (C=N–C) groups is 1. The number of benzene rings is 1. The minimum atomic E-state index is -0.508. The zero-order chi connectivity index (χ0) is 14.1. The Labute approximate surface area is 115 Å². The molecule has 2 aliphatic rings. The first kappa shape index (κ1) is 13.7. The van der Waals surface area contributed by atoms with Crippen LogP contribution in [-0.2, 0) is 10.2 Å². The van der Waals surface area contributed by atoms with Crippen LogP contribution in [0.4, 0.5) is 5.69 Å². The molecule has 3 heteroatoms. The van der Waals surface area contributed by atoms with Gasteiger partial charge < -0.3 is 9.64 Å². The molecular formula is C16H22N2O. The Bertz CT molecular complexity index is 519. The highest BCUT2D eigenvalue weighted by Gasteiger charge is 2.57. The fraction of sp³-hybridized carbons (Fsp3) is 0.438. The minimum Gasteiger partial charge on any atom is -0.468 e. The number of anilines is 1. The van der Waals surface area contributed by atoms with Gasteiger partial charge in [-0.05, 0) is 25.5 Å². The van der Waals surface area contributed by atoms with E-state index in [0.717, 1.165) is 0 Å². The van der Waals surface area contributed by atoms with Crippen molar-refractivity contribution in [3.05, 3.63) is 42.3 Å². The van der Waals surface area contributed by atoms with Gasteiger partial charge in [0.25, 0.3) is 0 Å². The average Bonchev–Trinajstić information content (AvgIpc) is 2.63. The maximum Gasteiger partial charge on any atom is 0.227 e. The number of hydrogen-bond acceptors (Lipinski definition) is 3. The van der Waals surface area contributed by atoms with Crippen LogP contribution < -0.4 is 4.90 Å². The monoisotopic (exact) mass is 258 g/mol. The second-order valence-corrected chi connectivity index (χ2v) is 5.08. The molecule has 1 aromatic rings. The van der Waals surface area contributed by atoms with Gasteiger partial charge in [-0.25, -0.2) is 0 Å². The topological polar surface area (TPSA) is 24.8 Å². The first-order valence-corrected chi connectivity index (χ1v) is 6.80. The highest BCUT2D eigenvalue weighted by Crippen LogP contribution is 2.51. The van der Waals surface area contributed by atoms with Crippen molar-refractivity contribution in [2.75, 3.05) is 11.9 Å². The highest BCUT2D eigenvalue weighted by molar-refractivity contribution is 5.84. The van der Waals surface area contributed by atoms with E-state index in [-0.39, 0.29) is 5.41 Å². The largest absolute Gasteiger partial charge is 0.468 e. The van der Waals surface area contributed by atoms with Crippen molar-refractivity contribution in [1.29, 1.82) is 0 Å². The van der Waals surface area contributed by atoms with Gasteiger partial charge in [-0.1, -0.05) is 32.0 Å². The summed E-state index contributed by atoms with van der Waals surface area (Å²) in [4.78, 5) is 6.43. The molecule has 3 nitrogen and oxygen atoms in total. The second-order valence-electron chi connectivity index (χ2n) is 5.08. The van der Waals surface area contributed by atoms with E-state index in [4.69, 9.17) is 4.74 Å². The number of likely N-dealkylation sites (N-methyl/N-ethyl adjacent to an activating group) is 1. The molecule has 0 N–H and O–H groups in total. The molecule has 0 radical (unpaired) electrons. The number of para-hydroxylation sites is 1. The predicted molar refractivity (Wildman–Crippen MR) is 80.7 cm³/mol. The summed E-state index contributed by atoms with van der Waals surface area (Å²) in [5.41, 5.74) is 1.86. The molecule has 1 aromatic carbocycles. The molecule has 0 saturated heterocycles. The first-order chi connectivity index (χ1) is 9.09. The van der Waals surface area contributed by atoms with Crippen LogP contribution in [0, 0.1) is 0 Å². The van der Waals surface area contributed by atoms with Crippen LogP contribution in [-0.4, -0.2) is 19.0 Å². The summed E-state index contributed by atoms with van der Waals surface area (Å²) in [7, 11) is 2.05. The van der Waals surface area contributed by atoms with Crippen molar-refractivity contribution in [3.8, 4) is 0 Å². The fourth-order valence-corrected chi connectivity index (χ4v) is 2.90. The minimum absolute atomic E-state index is 0.132. The van der Waals surface area contributed by atoms with Crippen molar-refractivity contribution in [1.82, 2.24) is 0 Å². The van der Waals surface area contributed by atoms with E-state index in [1.54, 1.807) is 12.5 Å². The lowest BCUT2D eigenvalue weighted by Crippen LogP contribution is -2.57. The van der Waals surface area contributed by atoms with E-state index in [2.05, 4.69) is 55.1 Å². The van der Waals surface area contributed by atoms with Crippen LogP contribution in [0.3, 0.4) is 0 Å². The summed E-state index contributed by atoms with van der Waals surface area (Å²) >= 11 is 0. The van der Waals surface area contributed by atoms with Crippen molar-refractivity contribution in [3.63, 3.8) is 0 Å². The Hall–Kier alpha value is -1.77. The molecule has 0 saturated carbocycles. The molecule has 1 spiro atoms. The number of hydrogen-bond donors (Lipinski definition) is 0. The Kier molecular flexibility index (Phi) is 3.40. The standard InChI is InChI=1S/C14H16N2O.C2H6/c1-13(2)11-6-4-5-7-12(11)16(3)14(13)10-15-8-9-17-14;1-2/h4-10H,1-3H3;1-2H3. The SMILES string of the molecule is CC.CN1c2ccccc2C(C)(C)C12C=NC=CO2. The van der Waals surface area contributed by atoms with Gasteiger partial charge in [0.15, 0.2) is 0 Å². The van der Waals surface area contributed by atoms with Gasteiger partial charge >= 0.3 is 0 Å². The molecule has 0 bridgehead atoms. The Morgan fingerprint density at radius 1 is 1.16 bits per heavy atom. The van der Waals surface area contributed by atoms with Crippen LogP contribution in [0.25, 0.3) is 0 Å². The number of nitrogens with zero attached hydrogens (tertiary/aromatic N) is 2. The molecule has 19 heavy (non-hydrogen) atoms. The number of rotatable bonds is 0. The molecule has 0 aliphatic carbocycles. The van der Waals surface area contributed by atoms with Gasteiger partial charge in [-0.3, -0.25) is 4.99 Å². The van der Waals surface area contributed by atoms with E-state index in [0.29, 0.717) is 0 Å². The molecular weight excluding hydrogens is 236 g/mol. The molecule has 102 valence electrons. The third-order valence-corrected chi connectivity index (χ3v) is 3.98. The van der Waals surface area contributed by atoms with Gasteiger partial charge in [-0.2, -0.15) is 0 Å². The Balaban J connectivity index is 0.000000637. The molecule has 2 heterocycles. The number of ether oxygens (including phenoxy) is 1. The van der Waals surface area contributed by atoms with Crippen molar-refractivity contribution in [2.45, 2.75) is 38.8 Å². The molecule has 0 amide bonds. The third-order valence-electron chi connectivity index (χ3n) is 3.98. The van der Waals surface area contributed by atoms with E-state index >= 15 is 0 Å². The van der Waals surface area contributed by atoms with Crippen LogP contribution in [0.2, 0.25) is 0 Å². The van der Waals surface area contributed by atoms with Crippen LogP contribution in [0.1, 0.15) is 33.3 Å². The fourth-order valence-electron chi connectivity index (χ4n) is 2.90. The first-order valence-electron chi connectivity index (χ1n) is 6.80. The van der Waals surface area contributed by atoms with Crippen molar-refractivity contribution < 1.29 is 4.74 Å². The van der Waals surface area contributed by atoms with E-state index < -0.39 is 5.72 Å². The van der Waals surface area contributed by atoms with Gasteiger partial charge in [0.1, 0.15) is 6.26 Å². The molecule has 1 atom stereocenters. The highest BCUT2D eigenvalue weighted by atomic mass is 16.5. The second kappa shape index (κ2) is 4.72. The van der Waals surface area contributed by atoms with Crippen LogP contribution >= 0.6 is 0 Å². The van der Waals surface area contributed by atoms with E-state index in [1.165, 1.54) is 11.3 Å². The van der Waals surface area contributed by atoms with Gasteiger partial charge in [0.2, 0.25) is 5.72 Å². The summed E-state index contributed by atoms with van der Waals surface area (Å²) < 4.78 is 5.93. The smallest absolute Gasteiger partial charge is 0.227 e. The van der Waals surface area contributed by atoms with Gasteiger partial charge in [-0.15, -0.1) is 0 Å². The molecule has 2 aliphatic heterocycles. The lowest BCUT2D eigenvalue weighted by atomic mass is 9.78. The zero-order valence-corrected chi connectivity index (χ0v) is 12.3. The lowest BCUT2D eigenvalue weighted by molar-refractivity contribution is 0.0367. The van der Waals surface area contributed by atoms with Crippen LogP contribution in [0.5, 0.6) is 0 Å². The van der Waals surface area contributed by atoms with Crippen molar-refractivity contribution in [2.24, 2.45) is 4.99 Å². The predicted octanol–water partition coefficient (Wildman–Crippen LogP) is 3.71. The molecule has 3 rings (SSSR count). The summed E-state index contributed by atoms with van der Waals surface area (Å²) in [6.45, 7) is 8.39. The summed E-state index contributed by atoms with van der Waals surface area (Å²) in [5, 5.41) is 0. The van der Waals surface area contributed by atoms with Gasteiger partial charge in [0.05, 0.1) is 17.8 Å². The zero-order valence-electron chi connectivity index (χ0n) is 12.3. The lowest BCUT2D eigenvalue weighted by Gasteiger charge is -2.42. The average molecular weight is 258 g/mol. The Morgan fingerprint density at radius 2 is 1.84 bits per heavy atom. The number of fused-ring (bicyclic) bond motifs is 1. The molecule has 1 unspecified atom stereocenters. The van der Waals surface area contributed by atoms with E-state index in [9.17, 15) is 0 Å². The van der Waals surface area contributed by atoms with E-state index in [1.807, 2.05) is 20.1 Å². The normalized spacial score (nSPS) is 25.6. The Morgan fingerprint density at radius 3 is 2.42 bits per heavy atom. The quantitative estimate of drug-likeness (QED) is 0.708. The summed E-state index contributed by atoms with van der Waals surface area (Å²) in [6.07, 6.45) is 5.25. The van der Waals surface area contributed by atoms with Gasteiger partial charge in [0, 0.05) is 12.7 Å². The molecule has 0 fully saturated rings. The van der Waals surface area contributed by atoms with Crippen molar-refractivity contribution >= 4 is 11.9 Å².